The molecular weight excluding hydrogens is 275 g/mol. The molecule has 0 rings (SSSR count). The molecule has 0 aliphatic rings. The van der Waals surface area contributed by atoms with E-state index < -0.39 is 7.77 Å². The Balaban J connectivity index is 3.71. The van der Waals surface area contributed by atoms with Crippen LogP contribution in [0.4, 0.5) is 0 Å². The van der Waals surface area contributed by atoms with Crippen LogP contribution in [0.2, 0.25) is 0 Å². The average Bonchev–Trinajstić information content (AvgIpc) is 2.34. The van der Waals surface area contributed by atoms with Crippen LogP contribution in [0.15, 0.2) is 12.7 Å². The molecule has 0 aromatic heterocycles. The lowest BCUT2D eigenvalue weighted by molar-refractivity contribution is -0.861. The number of rotatable bonds is 10. The number of nitrogens with zero attached hydrogens (tertiary/aromatic N) is 1. The normalized spacial score (nSPS) is 12.8. The van der Waals surface area contributed by atoms with Gasteiger partial charge in [-0.3, -0.25) is 4.79 Å². The van der Waals surface area contributed by atoms with Gasteiger partial charge < -0.3 is 19.8 Å². The number of likely N-dealkylation sites (N-methyl/N-ethyl adjacent to an activating group) is 1. The molecule has 20 heavy (non-hydrogen) atoms. The zero-order valence-corrected chi connectivity index (χ0v) is 13.8. The number of aliphatic hydroxyl groups excluding tert-OH is 1. The highest BCUT2D eigenvalue weighted by Crippen LogP contribution is 2.17. The van der Waals surface area contributed by atoms with Crippen molar-refractivity contribution in [1.29, 1.82) is 0 Å². The largest absolute Gasteiger partial charge is 0.629 e. The number of aliphatic hydroxyl groups is 1. The molecule has 0 saturated heterocycles. The molecule has 0 fully saturated rings. The van der Waals surface area contributed by atoms with Crippen LogP contribution in [-0.4, -0.2) is 61.4 Å². The van der Waals surface area contributed by atoms with Crippen LogP contribution in [0.25, 0.3) is 0 Å². The maximum absolute atomic E-state index is 11.8. The Morgan fingerprint density at radius 3 is 2.45 bits per heavy atom. The lowest BCUT2D eigenvalue weighted by atomic mass is 10.2. The van der Waals surface area contributed by atoms with Crippen LogP contribution < -0.4 is 10.2 Å². The average molecular weight is 303 g/mol. The van der Waals surface area contributed by atoms with E-state index in [4.69, 9.17) is 0 Å². The summed E-state index contributed by atoms with van der Waals surface area (Å²) in [5.74, 6) is -0.145. The second-order valence-corrected chi connectivity index (χ2v) is 7.60. The van der Waals surface area contributed by atoms with Gasteiger partial charge in [-0.15, -0.1) is 0 Å². The third kappa shape index (κ3) is 11.1. The predicted octanol–water partition coefficient (Wildman–Crippen LogP) is 0.815. The second-order valence-electron chi connectivity index (χ2n) is 5.88. The van der Waals surface area contributed by atoms with Gasteiger partial charge in [0.15, 0.2) is 6.54 Å². The molecular formula is C14H28N2O3P+. The first-order valence-electron chi connectivity index (χ1n) is 6.96. The SMILES string of the molecule is C=CC(=O)NCCCCCC/[P+]([O-])=C(\O)C[N+](C)(C)C. The first-order chi connectivity index (χ1) is 9.26. The summed E-state index contributed by atoms with van der Waals surface area (Å²) in [7, 11) is 4.25. The molecule has 0 heterocycles. The van der Waals surface area contributed by atoms with E-state index in [1.54, 1.807) is 0 Å². The molecule has 0 aliphatic carbocycles. The van der Waals surface area contributed by atoms with Gasteiger partial charge >= 0.3 is 0 Å². The predicted molar refractivity (Wildman–Crippen MR) is 83.3 cm³/mol. The van der Waals surface area contributed by atoms with Gasteiger partial charge in [-0.1, -0.05) is 13.0 Å². The van der Waals surface area contributed by atoms with Gasteiger partial charge in [0, 0.05) is 6.54 Å². The van der Waals surface area contributed by atoms with Gasteiger partial charge in [0.05, 0.1) is 28.9 Å². The topological polar surface area (TPSA) is 72.4 Å². The van der Waals surface area contributed by atoms with E-state index in [1.807, 2.05) is 21.1 Å². The number of carbonyl (C=O) groups excluding carboxylic acids is 1. The van der Waals surface area contributed by atoms with Gasteiger partial charge in [-0.25, -0.2) is 0 Å². The van der Waals surface area contributed by atoms with E-state index in [2.05, 4.69) is 11.9 Å². The first-order valence-corrected chi connectivity index (χ1v) is 8.41. The van der Waals surface area contributed by atoms with Crippen molar-refractivity contribution < 1.29 is 19.3 Å². The third-order valence-electron chi connectivity index (χ3n) is 2.68. The minimum Gasteiger partial charge on any atom is -0.629 e. The molecule has 0 saturated carbocycles. The quantitative estimate of drug-likeness (QED) is 0.271. The monoisotopic (exact) mass is 303 g/mol. The highest BCUT2D eigenvalue weighted by molar-refractivity contribution is 7.51. The van der Waals surface area contributed by atoms with Crippen molar-refractivity contribution in [3.8, 4) is 0 Å². The van der Waals surface area contributed by atoms with Gasteiger partial charge in [-0.2, -0.15) is 0 Å². The van der Waals surface area contributed by atoms with Gasteiger partial charge in [0.2, 0.25) is 5.91 Å². The fourth-order valence-electron chi connectivity index (χ4n) is 1.65. The van der Waals surface area contributed by atoms with E-state index in [1.165, 1.54) is 6.08 Å². The van der Waals surface area contributed by atoms with Crippen LogP contribution in [0, 0.1) is 0 Å². The third-order valence-corrected chi connectivity index (χ3v) is 4.12. The van der Waals surface area contributed by atoms with Crippen molar-refractivity contribution in [2.24, 2.45) is 0 Å². The molecule has 6 heteroatoms. The number of carbonyl (C=O) groups is 1. The Bertz CT molecular complexity index is 349. The van der Waals surface area contributed by atoms with Crippen LogP contribution >= 0.6 is 7.77 Å². The van der Waals surface area contributed by atoms with Crippen molar-refractivity contribution in [3.05, 3.63) is 12.7 Å². The molecule has 1 amide bonds. The Morgan fingerprint density at radius 2 is 1.90 bits per heavy atom. The van der Waals surface area contributed by atoms with Gasteiger partial charge in [-0.05, 0) is 25.3 Å². The summed E-state index contributed by atoms with van der Waals surface area (Å²) in [5.41, 5.74) is 0.116. The van der Waals surface area contributed by atoms with Crippen molar-refractivity contribution in [1.82, 2.24) is 5.32 Å². The molecule has 0 spiro atoms. The number of nitrogens with one attached hydrogen (secondary N) is 1. The van der Waals surface area contributed by atoms with E-state index in [0.29, 0.717) is 23.7 Å². The highest BCUT2D eigenvalue weighted by atomic mass is 31.1. The lowest BCUT2D eigenvalue weighted by Gasteiger charge is -2.22. The minimum absolute atomic E-state index is 0.116. The number of unbranched alkanes of at least 4 members (excludes halogenated alkanes) is 3. The lowest BCUT2D eigenvalue weighted by Crippen LogP contribution is -2.39. The van der Waals surface area contributed by atoms with Crippen molar-refractivity contribution >= 4 is 19.2 Å². The van der Waals surface area contributed by atoms with Gasteiger partial charge in [0.25, 0.3) is 5.48 Å². The van der Waals surface area contributed by atoms with E-state index in [9.17, 15) is 14.8 Å². The number of hydrogen-bond donors (Lipinski definition) is 2. The fraction of sp³-hybridized carbons (Fsp3) is 0.714. The summed E-state index contributed by atoms with van der Waals surface area (Å²) in [6.07, 6.45) is 5.49. The maximum Gasteiger partial charge on any atom is 0.273 e. The smallest absolute Gasteiger partial charge is 0.273 e. The summed E-state index contributed by atoms with van der Waals surface area (Å²) >= 11 is 0. The maximum atomic E-state index is 11.8. The summed E-state index contributed by atoms with van der Waals surface area (Å²) in [6, 6.07) is 0. The molecule has 5 nitrogen and oxygen atoms in total. The van der Waals surface area contributed by atoms with Gasteiger partial charge in [0.1, 0.15) is 6.16 Å². The molecule has 0 bridgehead atoms. The van der Waals surface area contributed by atoms with Crippen molar-refractivity contribution in [2.75, 3.05) is 40.4 Å². The summed E-state index contributed by atoms with van der Waals surface area (Å²) in [6.45, 7) is 4.46. The number of hydrogen-bond acceptors (Lipinski definition) is 2. The highest BCUT2D eigenvalue weighted by Gasteiger charge is 2.16. The Hall–Kier alpha value is -0.740. The van der Waals surface area contributed by atoms with Crippen LogP contribution in [0.3, 0.4) is 0 Å². The summed E-state index contributed by atoms with van der Waals surface area (Å²) in [5, 5.41) is 12.5. The molecule has 116 valence electrons. The molecule has 0 aromatic carbocycles. The van der Waals surface area contributed by atoms with Crippen LogP contribution in [-0.2, 0) is 4.79 Å². The zero-order valence-electron chi connectivity index (χ0n) is 12.9. The molecule has 2 N–H and O–H groups in total. The Labute approximate surface area is 123 Å². The second kappa shape index (κ2) is 10.1. The summed E-state index contributed by atoms with van der Waals surface area (Å²) < 4.78 is 0.579. The van der Waals surface area contributed by atoms with Crippen LogP contribution in [0.1, 0.15) is 25.7 Å². The molecule has 0 radical (unpaired) electrons. The van der Waals surface area contributed by atoms with E-state index >= 15 is 0 Å². The van der Waals surface area contributed by atoms with E-state index in [-0.39, 0.29) is 11.4 Å². The fourth-order valence-corrected chi connectivity index (χ4v) is 3.00. The molecule has 0 aromatic rings. The minimum atomic E-state index is -1.62. The Morgan fingerprint density at radius 1 is 1.30 bits per heavy atom. The number of quaternary nitrogens is 1. The zero-order chi connectivity index (χ0) is 15.6. The summed E-state index contributed by atoms with van der Waals surface area (Å²) in [4.78, 5) is 22.7. The molecule has 0 aliphatic heterocycles. The van der Waals surface area contributed by atoms with Crippen molar-refractivity contribution in [2.45, 2.75) is 25.7 Å². The first kappa shape index (κ1) is 19.3. The Kier molecular flexibility index (Phi) is 9.68. The molecule has 1 atom stereocenters. The molecule has 1 unspecified atom stereocenters. The van der Waals surface area contributed by atoms with E-state index in [0.717, 1.165) is 25.7 Å². The standard InChI is InChI=1S/C14H27N2O3P/c1-5-13(17)15-10-8-6-7-9-11-20(19)14(18)12-16(2,3)4/h5H,1,6-12H2,2-4H3,(H-,15,17,18)/p+1. The van der Waals surface area contributed by atoms with Crippen molar-refractivity contribution in [3.63, 3.8) is 0 Å². The number of amides is 1. The van der Waals surface area contributed by atoms with Crippen LogP contribution in [0.5, 0.6) is 0 Å².